The lowest BCUT2D eigenvalue weighted by Crippen LogP contribution is -2.45. The van der Waals surface area contributed by atoms with Crippen molar-refractivity contribution in [3.8, 4) is 0 Å². The van der Waals surface area contributed by atoms with Crippen molar-refractivity contribution >= 4 is 31.8 Å². The van der Waals surface area contributed by atoms with Gasteiger partial charge in [-0.3, -0.25) is 9.59 Å². The SMILES string of the molecule is COC(=O)C1CSC([Si](C)(C)C)C1C(=O)OC. The Morgan fingerprint density at radius 3 is 2.06 bits per heavy atom. The quantitative estimate of drug-likeness (QED) is 0.578. The third-order valence-electron chi connectivity index (χ3n) is 3.05. The minimum atomic E-state index is -1.51. The lowest BCUT2D eigenvalue weighted by Gasteiger charge is -2.29. The molecule has 0 aromatic rings. The maximum Gasteiger partial charge on any atom is 0.310 e. The average molecular weight is 276 g/mol. The fourth-order valence-electron chi connectivity index (χ4n) is 2.20. The van der Waals surface area contributed by atoms with Crippen molar-refractivity contribution in [2.75, 3.05) is 20.0 Å². The molecule has 0 aromatic carbocycles. The average Bonchev–Trinajstić information content (AvgIpc) is 2.70. The zero-order chi connectivity index (χ0) is 13.2. The molecule has 1 aliphatic heterocycles. The van der Waals surface area contributed by atoms with E-state index in [0.717, 1.165) is 0 Å². The number of esters is 2. The molecule has 1 fully saturated rings. The van der Waals surface area contributed by atoms with Gasteiger partial charge < -0.3 is 9.47 Å². The van der Waals surface area contributed by atoms with Crippen molar-refractivity contribution in [3.63, 3.8) is 0 Å². The molecule has 3 atom stereocenters. The highest BCUT2D eigenvalue weighted by Crippen LogP contribution is 2.43. The van der Waals surface area contributed by atoms with Crippen LogP contribution < -0.4 is 0 Å². The summed E-state index contributed by atoms with van der Waals surface area (Å²) in [4.78, 5) is 23.8. The molecule has 0 saturated carbocycles. The maximum atomic E-state index is 11.9. The summed E-state index contributed by atoms with van der Waals surface area (Å²) in [5, 5.41) is 0. The summed E-state index contributed by atoms with van der Waals surface area (Å²) in [7, 11) is 1.23. The van der Waals surface area contributed by atoms with Gasteiger partial charge in [-0.1, -0.05) is 19.6 Å². The highest BCUT2D eigenvalue weighted by atomic mass is 32.2. The molecular weight excluding hydrogens is 256 g/mol. The van der Waals surface area contributed by atoms with Gasteiger partial charge in [0.15, 0.2) is 0 Å². The van der Waals surface area contributed by atoms with Crippen LogP contribution in [0.15, 0.2) is 0 Å². The van der Waals surface area contributed by atoms with Crippen molar-refractivity contribution < 1.29 is 19.1 Å². The first-order valence-electron chi connectivity index (χ1n) is 5.60. The third kappa shape index (κ3) is 3.04. The molecule has 0 aliphatic carbocycles. The van der Waals surface area contributed by atoms with Crippen molar-refractivity contribution in [1.82, 2.24) is 0 Å². The van der Waals surface area contributed by atoms with Gasteiger partial charge in [-0.2, -0.15) is 11.8 Å². The maximum absolute atomic E-state index is 11.9. The molecule has 0 spiro atoms. The van der Waals surface area contributed by atoms with Gasteiger partial charge in [-0.25, -0.2) is 0 Å². The Morgan fingerprint density at radius 2 is 1.65 bits per heavy atom. The second kappa shape index (κ2) is 5.43. The summed E-state index contributed by atoms with van der Waals surface area (Å²) in [5.74, 6) is -0.619. The van der Waals surface area contributed by atoms with Crippen LogP contribution in [0.25, 0.3) is 0 Å². The molecule has 4 nitrogen and oxygen atoms in total. The van der Waals surface area contributed by atoms with E-state index in [1.807, 2.05) is 0 Å². The number of ether oxygens (including phenoxy) is 2. The number of carbonyl (C=O) groups is 2. The smallest absolute Gasteiger partial charge is 0.310 e. The molecule has 1 rings (SSSR count). The molecule has 0 N–H and O–H groups in total. The van der Waals surface area contributed by atoms with Crippen LogP contribution in [0.3, 0.4) is 0 Å². The van der Waals surface area contributed by atoms with Gasteiger partial charge in [0.2, 0.25) is 0 Å². The normalized spacial score (nSPS) is 28.9. The fraction of sp³-hybridized carbons (Fsp3) is 0.818. The molecule has 0 bridgehead atoms. The van der Waals surface area contributed by atoms with Crippen LogP contribution in [0.1, 0.15) is 0 Å². The predicted molar refractivity (Wildman–Crippen MR) is 70.6 cm³/mol. The highest BCUT2D eigenvalue weighted by Gasteiger charge is 2.51. The van der Waals surface area contributed by atoms with Gasteiger partial charge in [0.1, 0.15) is 0 Å². The zero-order valence-electron chi connectivity index (χ0n) is 11.0. The van der Waals surface area contributed by atoms with Crippen LogP contribution in [0, 0.1) is 11.8 Å². The van der Waals surface area contributed by atoms with Gasteiger partial charge in [0, 0.05) is 10.6 Å². The summed E-state index contributed by atoms with van der Waals surface area (Å²) < 4.78 is 9.62. The largest absolute Gasteiger partial charge is 0.469 e. The molecule has 1 heterocycles. The minimum absolute atomic E-state index is 0.221. The zero-order valence-corrected chi connectivity index (χ0v) is 12.8. The van der Waals surface area contributed by atoms with E-state index >= 15 is 0 Å². The number of rotatable bonds is 3. The first-order chi connectivity index (χ1) is 7.82. The van der Waals surface area contributed by atoms with Gasteiger partial charge >= 0.3 is 11.9 Å². The van der Waals surface area contributed by atoms with Crippen molar-refractivity contribution in [1.29, 1.82) is 0 Å². The topological polar surface area (TPSA) is 52.6 Å². The standard InChI is InChI=1S/C11H20O4SSi/c1-14-9(12)7-6-16-11(17(3,4)5)8(7)10(13)15-2/h7-8,11H,6H2,1-5H3. The molecule has 1 aliphatic rings. The first kappa shape index (κ1) is 14.6. The van der Waals surface area contributed by atoms with Gasteiger partial charge in [0.05, 0.1) is 34.1 Å². The number of carbonyl (C=O) groups excluding carboxylic acids is 2. The Hall–Kier alpha value is -0.493. The monoisotopic (exact) mass is 276 g/mol. The molecular formula is C11H20O4SSi. The van der Waals surface area contributed by atoms with Crippen LogP contribution >= 0.6 is 11.8 Å². The lowest BCUT2D eigenvalue weighted by molar-refractivity contribution is -0.155. The highest BCUT2D eigenvalue weighted by molar-refractivity contribution is 8.02. The van der Waals surface area contributed by atoms with Crippen LogP contribution in [0.4, 0.5) is 0 Å². The number of hydrogen-bond acceptors (Lipinski definition) is 5. The van der Waals surface area contributed by atoms with Crippen LogP contribution in [-0.4, -0.2) is 44.9 Å². The fourth-order valence-corrected chi connectivity index (χ4v) is 7.20. The molecule has 0 aromatic heterocycles. The first-order valence-corrected chi connectivity index (χ1v) is 10.2. The van der Waals surface area contributed by atoms with Gasteiger partial charge in [0.25, 0.3) is 0 Å². The van der Waals surface area contributed by atoms with E-state index in [4.69, 9.17) is 9.47 Å². The van der Waals surface area contributed by atoms with E-state index in [9.17, 15) is 9.59 Å². The Bertz CT molecular complexity index is 313. The van der Waals surface area contributed by atoms with Crippen LogP contribution in [0.2, 0.25) is 19.6 Å². The number of thioether (sulfide) groups is 1. The Labute approximate surface area is 107 Å². The number of hydrogen-bond donors (Lipinski definition) is 0. The van der Waals surface area contributed by atoms with Gasteiger partial charge in [-0.05, 0) is 0 Å². The summed E-state index contributed by atoms with van der Waals surface area (Å²) >= 11 is 1.71. The summed E-state index contributed by atoms with van der Waals surface area (Å²) in [6.07, 6.45) is 0. The number of methoxy groups -OCH3 is 2. The third-order valence-corrected chi connectivity index (χ3v) is 8.94. The van der Waals surface area contributed by atoms with E-state index in [2.05, 4.69) is 19.6 Å². The molecule has 0 radical (unpaired) electrons. The summed E-state index contributed by atoms with van der Waals surface area (Å²) in [6.45, 7) is 6.63. The predicted octanol–water partition coefficient (Wildman–Crippen LogP) is 1.56. The van der Waals surface area contributed by atoms with E-state index in [0.29, 0.717) is 5.75 Å². The minimum Gasteiger partial charge on any atom is -0.469 e. The molecule has 17 heavy (non-hydrogen) atoms. The van der Waals surface area contributed by atoms with Gasteiger partial charge in [-0.15, -0.1) is 0 Å². The van der Waals surface area contributed by atoms with Crippen molar-refractivity contribution in [3.05, 3.63) is 0 Å². The Morgan fingerprint density at radius 1 is 1.12 bits per heavy atom. The van der Waals surface area contributed by atoms with E-state index in [1.165, 1.54) is 14.2 Å². The van der Waals surface area contributed by atoms with Crippen molar-refractivity contribution in [2.24, 2.45) is 11.8 Å². The van der Waals surface area contributed by atoms with E-state index in [-0.39, 0.29) is 28.6 Å². The molecule has 0 amide bonds. The van der Waals surface area contributed by atoms with Crippen LogP contribution in [0.5, 0.6) is 0 Å². The van der Waals surface area contributed by atoms with E-state index in [1.54, 1.807) is 11.8 Å². The summed E-state index contributed by atoms with van der Waals surface area (Å²) in [6, 6.07) is 0. The molecule has 1 saturated heterocycles. The van der Waals surface area contributed by atoms with E-state index < -0.39 is 8.07 Å². The van der Waals surface area contributed by atoms with Crippen LogP contribution in [-0.2, 0) is 19.1 Å². The second-order valence-corrected chi connectivity index (χ2v) is 12.2. The summed E-state index contributed by atoms with van der Waals surface area (Å²) in [5.41, 5.74) is 0. The Kier molecular flexibility index (Phi) is 4.66. The second-order valence-electron chi connectivity index (χ2n) is 5.30. The molecule has 3 unspecified atom stereocenters. The lowest BCUT2D eigenvalue weighted by atomic mass is 9.96. The molecule has 98 valence electrons. The molecule has 6 heteroatoms. The van der Waals surface area contributed by atoms with Crippen molar-refractivity contribution in [2.45, 2.75) is 24.5 Å². The Balaban J connectivity index is 2.97.